The van der Waals surface area contributed by atoms with Gasteiger partial charge in [0.25, 0.3) is 0 Å². The first-order chi connectivity index (χ1) is 7.26. The molecule has 2 N–H and O–H groups in total. The lowest BCUT2D eigenvalue weighted by Gasteiger charge is -2.14. The van der Waals surface area contributed by atoms with E-state index < -0.39 is 0 Å². The highest BCUT2D eigenvalue weighted by atomic mass is 16.5. The molecule has 0 radical (unpaired) electrons. The van der Waals surface area contributed by atoms with Crippen LogP contribution >= 0.6 is 0 Å². The summed E-state index contributed by atoms with van der Waals surface area (Å²) in [5, 5.41) is 16.3. The van der Waals surface area contributed by atoms with Gasteiger partial charge in [-0.2, -0.15) is 5.10 Å². The quantitative estimate of drug-likeness (QED) is 0.644. The van der Waals surface area contributed by atoms with Crippen molar-refractivity contribution in [2.45, 2.75) is 12.5 Å². The van der Waals surface area contributed by atoms with E-state index in [0.29, 0.717) is 6.61 Å². The molecule has 1 rings (SSSR count). The van der Waals surface area contributed by atoms with Gasteiger partial charge in [0.1, 0.15) is 0 Å². The fourth-order valence-corrected chi connectivity index (χ4v) is 1.40. The van der Waals surface area contributed by atoms with Crippen LogP contribution in [0.5, 0.6) is 0 Å². The Balaban J connectivity index is 2.20. The van der Waals surface area contributed by atoms with E-state index in [1.54, 1.807) is 11.8 Å². The van der Waals surface area contributed by atoms with E-state index >= 15 is 0 Å². The summed E-state index contributed by atoms with van der Waals surface area (Å²) >= 11 is 0. The second kappa shape index (κ2) is 6.55. The first-order valence-electron chi connectivity index (χ1n) is 5.07. The zero-order valence-electron chi connectivity index (χ0n) is 9.31. The highest BCUT2D eigenvalue weighted by Crippen LogP contribution is 1.96. The molecule has 0 spiro atoms. The fraction of sp³-hybridized carbons (Fsp3) is 0.700. The van der Waals surface area contributed by atoms with Crippen LogP contribution in [0.1, 0.15) is 5.56 Å². The minimum absolute atomic E-state index is 0.0201. The molecule has 0 aliphatic rings. The van der Waals surface area contributed by atoms with Gasteiger partial charge in [-0.05, 0) is 18.5 Å². The highest BCUT2D eigenvalue weighted by Gasteiger charge is 2.05. The molecule has 0 bridgehead atoms. The fourth-order valence-electron chi connectivity index (χ4n) is 1.40. The predicted octanol–water partition coefficient (Wildman–Crippen LogP) is -0.440. The second-order valence-corrected chi connectivity index (χ2v) is 3.56. The first-order valence-corrected chi connectivity index (χ1v) is 5.07. The molecule has 1 aromatic rings. The molecule has 15 heavy (non-hydrogen) atoms. The summed E-state index contributed by atoms with van der Waals surface area (Å²) in [6, 6.07) is 0.0201. The van der Waals surface area contributed by atoms with Crippen molar-refractivity contribution in [1.82, 2.24) is 15.1 Å². The Morgan fingerprint density at radius 3 is 3.00 bits per heavy atom. The standard InChI is InChI=1S/C10H19N3O2/c1-13-6-9(5-12-13)3-4-11-10(7-14)8-15-2/h5-6,10-11,14H,3-4,7-8H2,1-2H3. The summed E-state index contributed by atoms with van der Waals surface area (Å²) < 4.78 is 6.75. The maximum atomic E-state index is 9.00. The monoisotopic (exact) mass is 213 g/mol. The van der Waals surface area contributed by atoms with Gasteiger partial charge in [0, 0.05) is 20.4 Å². The zero-order chi connectivity index (χ0) is 11.1. The molecule has 5 nitrogen and oxygen atoms in total. The molecule has 1 aromatic heterocycles. The maximum Gasteiger partial charge on any atom is 0.0638 e. The Morgan fingerprint density at radius 2 is 2.47 bits per heavy atom. The van der Waals surface area contributed by atoms with Crippen molar-refractivity contribution in [3.8, 4) is 0 Å². The number of methoxy groups -OCH3 is 1. The van der Waals surface area contributed by atoms with E-state index in [4.69, 9.17) is 9.84 Å². The van der Waals surface area contributed by atoms with E-state index in [9.17, 15) is 0 Å². The summed E-state index contributed by atoms with van der Waals surface area (Å²) in [5.41, 5.74) is 1.19. The number of ether oxygens (including phenoxy) is 1. The molecule has 0 amide bonds. The maximum absolute atomic E-state index is 9.00. The Bertz CT molecular complexity index is 275. The van der Waals surface area contributed by atoms with E-state index in [1.807, 2.05) is 19.4 Å². The van der Waals surface area contributed by atoms with Gasteiger partial charge in [0.05, 0.1) is 25.5 Å². The number of aromatic nitrogens is 2. The first kappa shape index (κ1) is 12.2. The third-order valence-electron chi connectivity index (χ3n) is 2.19. The van der Waals surface area contributed by atoms with Crippen LogP contribution in [0, 0.1) is 0 Å². The van der Waals surface area contributed by atoms with Crippen molar-refractivity contribution >= 4 is 0 Å². The lowest BCUT2D eigenvalue weighted by atomic mass is 10.2. The van der Waals surface area contributed by atoms with Crippen molar-refractivity contribution in [3.63, 3.8) is 0 Å². The number of hydrogen-bond donors (Lipinski definition) is 2. The van der Waals surface area contributed by atoms with Crippen molar-refractivity contribution in [1.29, 1.82) is 0 Å². The van der Waals surface area contributed by atoms with Crippen molar-refractivity contribution in [2.24, 2.45) is 7.05 Å². The SMILES string of the molecule is COCC(CO)NCCc1cnn(C)c1. The van der Waals surface area contributed by atoms with Gasteiger partial charge in [-0.3, -0.25) is 4.68 Å². The number of nitrogens with zero attached hydrogens (tertiary/aromatic N) is 2. The zero-order valence-corrected chi connectivity index (χ0v) is 9.31. The van der Waals surface area contributed by atoms with Crippen LogP contribution in [0.3, 0.4) is 0 Å². The number of aliphatic hydroxyl groups is 1. The summed E-state index contributed by atoms with van der Waals surface area (Å²) in [6.45, 7) is 1.45. The molecule has 5 heteroatoms. The minimum Gasteiger partial charge on any atom is -0.395 e. The Labute approximate surface area is 90.1 Å². The molecule has 0 aromatic carbocycles. The van der Waals surface area contributed by atoms with Crippen LogP contribution in [-0.2, 0) is 18.2 Å². The average molecular weight is 213 g/mol. The molecule has 0 aliphatic heterocycles. The third kappa shape index (κ3) is 4.42. The van der Waals surface area contributed by atoms with Crippen LogP contribution in [0.15, 0.2) is 12.4 Å². The molecule has 1 atom stereocenters. The van der Waals surface area contributed by atoms with Gasteiger partial charge in [-0.15, -0.1) is 0 Å². The van der Waals surface area contributed by atoms with Crippen LogP contribution in [0.2, 0.25) is 0 Å². The molecule has 0 saturated heterocycles. The number of hydrogen-bond acceptors (Lipinski definition) is 4. The summed E-state index contributed by atoms with van der Waals surface area (Å²) in [7, 11) is 3.53. The molecule has 0 aliphatic carbocycles. The van der Waals surface area contributed by atoms with Gasteiger partial charge in [0.15, 0.2) is 0 Å². The highest BCUT2D eigenvalue weighted by molar-refractivity contribution is 5.03. The Kier molecular flexibility index (Phi) is 5.31. The molecular weight excluding hydrogens is 194 g/mol. The van der Waals surface area contributed by atoms with Crippen LogP contribution in [0.25, 0.3) is 0 Å². The van der Waals surface area contributed by atoms with E-state index in [-0.39, 0.29) is 12.6 Å². The summed E-state index contributed by atoms with van der Waals surface area (Å²) in [5.74, 6) is 0. The molecule has 1 unspecified atom stereocenters. The molecule has 1 heterocycles. The van der Waals surface area contributed by atoms with E-state index in [0.717, 1.165) is 13.0 Å². The topological polar surface area (TPSA) is 59.3 Å². The van der Waals surface area contributed by atoms with Gasteiger partial charge in [-0.1, -0.05) is 0 Å². The van der Waals surface area contributed by atoms with E-state index in [1.165, 1.54) is 5.56 Å². The lowest BCUT2D eigenvalue weighted by Crippen LogP contribution is -2.37. The minimum atomic E-state index is 0.0201. The van der Waals surface area contributed by atoms with E-state index in [2.05, 4.69) is 10.4 Å². The van der Waals surface area contributed by atoms with Crippen molar-refractivity contribution < 1.29 is 9.84 Å². The average Bonchev–Trinajstić information content (AvgIpc) is 2.63. The molecule has 86 valence electrons. The summed E-state index contributed by atoms with van der Waals surface area (Å²) in [6.07, 6.45) is 4.76. The Morgan fingerprint density at radius 1 is 1.67 bits per heavy atom. The van der Waals surface area contributed by atoms with Crippen LogP contribution in [-0.4, -0.2) is 47.8 Å². The predicted molar refractivity (Wildman–Crippen MR) is 57.7 cm³/mol. The van der Waals surface area contributed by atoms with Crippen LogP contribution in [0.4, 0.5) is 0 Å². The molecule has 0 saturated carbocycles. The van der Waals surface area contributed by atoms with Crippen molar-refractivity contribution in [2.75, 3.05) is 26.9 Å². The summed E-state index contributed by atoms with van der Waals surface area (Å²) in [4.78, 5) is 0. The van der Waals surface area contributed by atoms with Crippen molar-refractivity contribution in [3.05, 3.63) is 18.0 Å². The van der Waals surface area contributed by atoms with Gasteiger partial charge in [-0.25, -0.2) is 0 Å². The molecular formula is C10H19N3O2. The number of aliphatic hydroxyl groups excluding tert-OH is 1. The normalized spacial score (nSPS) is 13.0. The molecule has 0 fully saturated rings. The van der Waals surface area contributed by atoms with Gasteiger partial charge in [0.2, 0.25) is 0 Å². The number of rotatable bonds is 7. The smallest absolute Gasteiger partial charge is 0.0638 e. The van der Waals surface area contributed by atoms with Crippen LogP contribution < -0.4 is 5.32 Å². The third-order valence-corrected chi connectivity index (χ3v) is 2.19. The van der Waals surface area contributed by atoms with Gasteiger partial charge < -0.3 is 15.2 Å². The van der Waals surface area contributed by atoms with Gasteiger partial charge >= 0.3 is 0 Å². The largest absolute Gasteiger partial charge is 0.395 e. The lowest BCUT2D eigenvalue weighted by molar-refractivity contribution is 0.129. The number of aryl methyl sites for hydroxylation is 1. The second-order valence-electron chi connectivity index (χ2n) is 3.56. The Hall–Kier alpha value is -0.910. The number of nitrogens with one attached hydrogen (secondary N) is 1.